The van der Waals surface area contributed by atoms with Crippen LogP contribution in [-0.2, 0) is 4.79 Å². The lowest BCUT2D eigenvalue weighted by Crippen LogP contribution is -2.41. The summed E-state index contributed by atoms with van der Waals surface area (Å²) in [5, 5.41) is 18.8. The molecule has 148 valence electrons. The first-order valence-corrected chi connectivity index (χ1v) is 9.93. The van der Waals surface area contributed by atoms with E-state index in [9.17, 15) is 14.7 Å². The van der Waals surface area contributed by atoms with Gasteiger partial charge in [-0.3, -0.25) is 9.59 Å². The first kappa shape index (κ1) is 19.9. The lowest BCUT2D eigenvalue weighted by molar-refractivity contribution is -0.137. The van der Waals surface area contributed by atoms with E-state index < -0.39 is 11.0 Å². The molecule has 2 aromatic carbocycles. The van der Waals surface area contributed by atoms with Gasteiger partial charge in [-0.05, 0) is 48.6 Å². The van der Waals surface area contributed by atoms with Crippen LogP contribution in [0.4, 0.5) is 11.4 Å². The topological polar surface area (TPSA) is 99.7 Å². The predicted octanol–water partition coefficient (Wildman–Crippen LogP) is 3.21. The number of hydrogen-bond donors (Lipinski definition) is 4. The van der Waals surface area contributed by atoms with Crippen LogP contribution in [0.5, 0.6) is 5.75 Å². The summed E-state index contributed by atoms with van der Waals surface area (Å²) in [5.41, 5.74) is 2.36. The highest BCUT2D eigenvalue weighted by molar-refractivity contribution is 8.00. The quantitative estimate of drug-likeness (QED) is 0.479. The minimum Gasteiger partial charge on any atom is -0.497 e. The maximum atomic E-state index is 12.2. The van der Waals surface area contributed by atoms with Gasteiger partial charge in [-0.15, -0.1) is 11.8 Å². The molecular formula is C20H23N3O4S. The number of carbonyl (C=O) groups is 2. The Balaban J connectivity index is 1.47. The molecule has 7 nitrogen and oxygen atoms in total. The number of benzene rings is 2. The van der Waals surface area contributed by atoms with Crippen LogP contribution >= 0.6 is 11.8 Å². The molecule has 1 amide bonds. The number of amides is 1. The first-order valence-electron chi connectivity index (χ1n) is 8.95. The molecule has 8 heteroatoms. The fourth-order valence-corrected chi connectivity index (χ4v) is 4.18. The molecule has 1 heterocycles. The van der Waals surface area contributed by atoms with Gasteiger partial charge in [0.1, 0.15) is 5.75 Å². The third-order valence-corrected chi connectivity index (χ3v) is 5.64. The third kappa shape index (κ3) is 4.89. The number of rotatable bonds is 9. The summed E-state index contributed by atoms with van der Waals surface area (Å²) < 4.78 is 5.08. The predicted molar refractivity (Wildman–Crippen MR) is 111 cm³/mol. The molecule has 1 aliphatic rings. The van der Waals surface area contributed by atoms with Gasteiger partial charge in [0.25, 0.3) is 5.91 Å². The summed E-state index contributed by atoms with van der Waals surface area (Å²) >= 11 is 1.50. The molecule has 0 aromatic heterocycles. The van der Waals surface area contributed by atoms with Gasteiger partial charge in [-0.1, -0.05) is 12.1 Å². The Morgan fingerprint density at radius 2 is 1.75 bits per heavy atom. The molecule has 0 unspecified atom stereocenters. The Hall–Kier alpha value is -2.87. The highest BCUT2D eigenvalue weighted by Crippen LogP contribution is 2.41. The largest absolute Gasteiger partial charge is 0.497 e. The van der Waals surface area contributed by atoms with Crippen LogP contribution in [-0.4, -0.2) is 41.4 Å². The molecule has 28 heavy (non-hydrogen) atoms. The van der Waals surface area contributed by atoms with Crippen LogP contribution in [0.1, 0.15) is 23.2 Å². The normalized spacial score (nSPS) is 13.8. The van der Waals surface area contributed by atoms with E-state index in [0.717, 1.165) is 11.4 Å². The number of para-hydroxylation sites is 2. The fourth-order valence-electron chi connectivity index (χ4n) is 2.96. The van der Waals surface area contributed by atoms with Crippen molar-refractivity contribution in [3.63, 3.8) is 0 Å². The van der Waals surface area contributed by atoms with Crippen LogP contribution < -0.4 is 20.7 Å². The number of anilines is 2. The standard InChI is InChI=1S/C20H23N3O4S/c1-27-15-9-7-14(8-10-15)19(26)21-11-4-12-28-20(13-18(24)25)22-16-5-2-3-6-17(16)23-20/h2-3,5-10,22-23H,4,11-13H2,1H3,(H,21,26)(H,24,25). The van der Waals surface area contributed by atoms with Crippen molar-refractivity contribution in [1.29, 1.82) is 0 Å². The summed E-state index contributed by atoms with van der Waals surface area (Å²) in [4.78, 5) is 22.7. The number of carbonyl (C=O) groups excluding carboxylic acids is 1. The number of fused-ring (bicyclic) bond motifs is 1. The molecule has 0 atom stereocenters. The Kier molecular flexibility index (Phi) is 6.30. The van der Waals surface area contributed by atoms with Crippen LogP contribution in [0.2, 0.25) is 0 Å². The second kappa shape index (κ2) is 8.88. The zero-order chi connectivity index (χ0) is 20.0. The van der Waals surface area contributed by atoms with Gasteiger partial charge in [0.15, 0.2) is 4.99 Å². The number of carboxylic acids is 1. The zero-order valence-electron chi connectivity index (χ0n) is 15.5. The average molecular weight is 401 g/mol. The second-order valence-corrected chi connectivity index (χ2v) is 7.77. The van der Waals surface area contributed by atoms with Gasteiger partial charge in [-0.25, -0.2) is 0 Å². The monoisotopic (exact) mass is 401 g/mol. The number of ether oxygens (including phenoxy) is 1. The Bertz CT molecular complexity index is 817. The molecule has 0 bridgehead atoms. The molecule has 0 aliphatic carbocycles. The summed E-state index contributed by atoms with van der Waals surface area (Å²) in [6, 6.07) is 14.6. The van der Waals surface area contributed by atoms with E-state index in [1.807, 2.05) is 24.3 Å². The molecule has 4 N–H and O–H groups in total. The Morgan fingerprint density at radius 1 is 1.11 bits per heavy atom. The molecule has 0 spiro atoms. The van der Waals surface area contributed by atoms with Crippen LogP contribution in [0.25, 0.3) is 0 Å². The van der Waals surface area contributed by atoms with Crippen molar-refractivity contribution in [3.05, 3.63) is 54.1 Å². The number of hydrogen-bond acceptors (Lipinski definition) is 6. The Labute approximate surface area is 167 Å². The van der Waals surface area contributed by atoms with Crippen molar-refractivity contribution < 1.29 is 19.4 Å². The number of thioether (sulfide) groups is 1. The molecule has 3 rings (SSSR count). The number of methoxy groups -OCH3 is 1. The van der Waals surface area contributed by atoms with E-state index in [2.05, 4.69) is 16.0 Å². The molecule has 1 aliphatic heterocycles. The SMILES string of the molecule is COc1ccc(C(=O)NCCCSC2(CC(=O)O)Nc3ccccc3N2)cc1. The maximum absolute atomic E-state index is 12.2. The van der Waals surface area contributed by atoms with Crippen molar-refractivity contribution in [1.82, 2.24) is 5.32 Å². The maximum Gasteiger partial charge on any atom is 0.308 e. The smallest absolute Gasteiger partial charge is 0.308 e. The zero-order valence-corrected chi connectivity index (χ0v) is 16.3. The average Bonchev–Trinajstić information content (AvgIpc) is 3.04. The summed E-state index contributed by atoms with van der Waals surface area (Å²) in [6.45, 7) is 0.508. The van der Waals surface area contributed by atoms with Crippen molar-refractivity contribution in [2.75, 3.05) is 30.0 Å². The number of aliphatic carboxylic acids is 1. The van der Waals surface area contributed by atoms with E-state index in [1.54, 1.807) is 31.4 Å². The Morgan fingerprint density at radius 3 is 2.32 bits per heavy atom. The minimum atomic E-state index is -0.881. The summed E-state index contributed by atoms with van der Waals surface area (Å²) in [6.07, 6.45) is 0.651. The first-order chi connectivity index (χ1) is 13.5. The van der Waals surface area contributed by atoms with Gasteiger partial charge >= 0.3 is 5.97 Å². The second-order valence-electron chi connectivity index (χ2n) is 6.38. The fraction of sp³-hybridized carbons (Fsp3) is 0.300. The highest BCUT2D eigenvalue weighted by Gasteiger charge is 2.38. The highest BCUT2D eigenvalue weighted by atomic mass is 32.2. The molecule has 0 radical (unpaired) electrons. The lowest BCUT2D eigenvalue weighted by Gasteiger charge is -2.28. The van der Waals surface area contributed by atoms with Crippen LogP contribution in [0.15, 0.2) is 48.5 Å². The van der Waals surface area contributed by atoms with E-state index in [1.165, 1.54) is 11.8 Å². The number of nitrogens with one attached hydrogen (secondary N) is 3. The molecule has 2 aromatic rings. The van der Waals surface area contributed by atoms with Crippen LogP contribution in [0, 0.1) is 0 Å². The molecule has 0 saturated carbocycles. The van der Waals surface area contributed by atoms with E-state index in [0.29, 0.717) is 30.0 Å². The van der Waals surface area contributed by atoms with Gasteiger partial charge < -0.3 is 25.8 Å². The van der Waals surface area contributed by atoms with Gasteiger partial charge in [0.2, 0.25) is 0 Å². The molecule has 0 fully saturated rings. The van der Waals surface area contributed by atoms with E-state index >= 15 is 0 Å². The van der Waals surface area contributed by atoms with Crippen molar-refractivity contribution >= 4 is 35.0 Å². The van der Waals surface area contributed by atoms with Crippen molar-refractivity contribution in [3.8, 4) is 5.75 Å². The van der Waals surface area contributed by atoms with Gasteiger partial charge in [0.05, 0.1) is 24.9 Å². The van der Waals surface area contributed by atoms with E-state index in [4.69, 9.17) is 4.74 Å². The van der Waals surface area contributed by atoms with Gasteiger partial charge in [0, 0.05) is 12.1 Å². The van der Waals surface area contributed by atoms with Crippen LogP contribution in [0.3, 0.4) is 0 Å². The van der Waals surface area contributed by atoms with Crippen molar-refractivity contribution in [2.24, 2.45) is 0 Å². The van der Waals surface area contributed by atoms with E-state index in [-0.39, 0.29) is 12.3 Å². The van der Waals surface area contributed by atoms with Gasteiger partial charge in [-0.2, -0.15) is 0 Å². The summed E-state index contributed by atoms with van der Waals surface area (Å²) in [7, 11) is 1.58. The third-order valence-electron chi connectivity index (χ3n) is 4.31. The van der Waals surface area contributed by atoms with Crippen molar-refractivity contribution in [2.45, 2.75) is 17.8 Å². The lowest BCUT2D eigenvalue weighted by atomic mass is 10.2. The summed E-state index contributed by atoms with van der Waals surface area (Å²) in [5.74, 6) is 0.365. The molecular weight excluding hydrogens is 378 g/mol. The number of carboxylic acid groups (broad SMARTS) is 1. The molecule has 0 saturated heterocycles. The minimum absolute atomic E-state index is 0.0649.